The van der Waals surface area contributed by atoms with Crippen LogP contribution in [0.25, 0.3) is 0 Å². The summed E-state index contributed by atoms with van der Waals surface area (Å²) in [5, 5.41) is 5.77. The third-order valence-corrected chi connectivity index (χ3v) is 4.33. The van der Waals surface area contributed by atoms with Crippen LogP contribution in [0.15, 0.2) is 24.3 Å². The molecule has 0 aromatic heterocycles. The molecule has 25 heavy (non-hydrogen) atoms. The van der Waals surface area contributed by atoms with Gasteiger partial charge in [-0.2, -0.15) is 0 Å². The Morgan fingerprint density at radius 3 is 2.08 bits per heavy atom. The normalized spacial score (nSPS) is 16.0. The molecule has 1 aromatic carbocycles. The maximum Gasteiger partial charge on any atom is 0.321 e. The molecular weight excluding hydrogens is 318 g/mol. The first-order chi connectivity index (χ1) is 12.1. The predicted molar refractivity (Wildman–Crippen MR) is 99.8 cm³/mol. The van der Waals surface area contributed by atoms with E-state index < -0.39 is 6.10 Å². The van der Waals surface area contributed by atoms with Crippen molar-refractivity contribution in [1.29, 1.82) is 0 Å². The summed E-state index contributed by atoms with van der Waals surface area (Å²) in [4.78, 5) is 26.3. The molecule has 1 fully saturated rings. The molecule has 6 nitrogen and oxygen atoms in total. The highest BCUT2D eigenvalue weighted by Crippen LogP contribution is 2.16. The minimum absolute atomic E-state index is 0.0546. The van der Waals surface area contributed by atoms with E-state index in [4.69, 9.17) is 4.74 Å². The van der Waals surface area contributed by atoms with Crippen molar-refractivity contribution in [3.05, 3.63) is 24.3 Å². The highest BCUT2D eigenvalue weighted by molar-refractivity contribution is 5.95. The van der Waals surface area contributed by atoms with Gasteiger partial charge in [-0.05, 0) is 50.5 Å². The highest BCUT2D eigenvalue weighted by Gasteiger charge is 2.17. The standard InChI is InChI=1S/C19H29N3O3/c1-3-17(25-4-2)18(23)20-15-9-11-16(12-10-15)21-19(24)22-13-7-5-6-8-14-22/h9-12,17H,3-8,13-14H2,1-2H3,(H,20,23)(H,21,24)/t17-/m0/s1. The third-order valence-electron chi connectivity index (χ3n) is 4.33. The van der Waals surface area contributed by atoms with E-state index in [1.165, 1.54) is 12.8 Å². The van der Waals surface area contributed by atoms with Gasteiger partial charge in [0.25, 0.3) is 5.91 Å². The molecule has 1 atom stereocenters. The summed E-state index contributed by atoms with van der Waals surface area (Å²) in [6.45, 7) is 5.93. The van der Waals surface area contributed by atoms with Crippen molar-refractivity contribution in [1.82, 2.24) is 4.90 Å². The lowest BCUT2D eigenvalue weighted by atomic mass is 10.2. The van der Waals surface area contributed by atoms with Crippen molar-refractivity contribution >= 4 is 23.3 Å². The first-order valence-corrected chi connectivity index (χ1v) is 9.22. The molecule has 1 aliphatic heterocycles. The van der Waals surface area contributed by atoms with Crippen molar-refractivity contribution < 1.29 is 14.3 Å². The van der Waals surface area contributed by atoms with Gasteiger partial charge >= 0.3 is 6.03 Å². The average Bonchev–Trinajstić information content (AvgIpc) is 2.90. The van der Waals surface area contributed by atoms with Gasteiger partial charge in [0.05, 0.1) is 0 Å². The number of carbonyl (C=O) groups is 2. The molecular formula is C19H29N3O3. The van der Waals surface area contributed by atoms with Crippen LogP contribution in [0.3, 0.4) is 0 Å². The van der Waals surface area contributed by atoms with Gasteiger partial charge in [0.1, 0.15) is 6.10 Å². The fraction of sp³-hybridized carbons (Fsp3) is 0.579. The molecule has 2 rings (SSSR count). The molecule has 0 saturated carbocycles. The highest BCUT2D eigenvalue weighted by atomic mass is 16.5. The van der Waals surface area contributed by atoms with E-state index in [0.717, 1.165) is 31.6 Å². The number of hydrogen-bond acceptors (Lipinski definition) is 3. The van der Waals surface area contributed by atoms with E-state index in [1.807, 2.05) is 18.7 Å². The lowest BCUT2D eigenvalue weighted by Gasteiger charge is -2.21. The van der Waals surface area contributed by atoms with Crippen LogP contribution in [0.5, 0.6) is 0 Å². The second-order valence-corrected chi connectivity index (χ2v) is 6.25. The van der Waals surface area contributed by atoms with Crippen LogP contribution in [0.2, 0.25) is 0 Å². The summed E-state index contributed by atoms with van der Waals surface area (Å²) in [5.41, 5.74) is 1.42. The van der Waals surface area contributed by atoms with Gasteiger partial charge in [0.2, 0.25) is 0 Å². The van der Waals surface area contributed by atoms with Crippen LogP contribution in [0.4, 0.5) is 16.2 Å². The topological polar surface area (TPSA) is 70.7 Å². The first kappa shape index (κ1) is 19.2. The van der Waals surface area contributed by atoms with Gasteiger partial charge < -0.3 is 20.3 Å². The Balaban J connectivity index is 1.88. The van der Waals surface area contributed by atoms with E-state index in [9.17, 15) is 9.59 Å². The largest absolute Gasteiger partial charge is 0.369 e. The Labute approximate surface area is 149 Å². The molecule has 0 aliphatic carbocycles. The Hall–Kier alpha value is -2.08. The number of anilines is 2. The lowest BCUT2D eigenvalue weighted by molar-refractivity contribution is -0.127. The molecule has 138 valence electrons. The van der Waals surface area contributed by atoms with Crippen molar-refractivity contribution in [3.63, 3.8) is 0 Å². The fourth-order valence-electron chi connectivity index (χ4n) is 2.92. The quantitative estimate of drug-likeness (QED) is 0.821. The van der Waals surface area contributed by atoms with Crippen LogP contribution < -0.4 is 10.6 Å². The van der Waals surface area contributed by atoms with E-state index in [1.54, 1.807) is 24.3 Å². The molecule has 1 aliphatic rings. The molecule has 0 radical (unpaired) electrons. The van der Waals surface area contributed by atoms with Crippen LogP contribution >= 0.6 is 0 Å². The Kier molecular flexibility index (Phi) is 7.73. The second kappa shape index (κ2) is 10.0. The number of rotatable bonds is 6. The number of likely N-dealkylation sites (tertiary alicyclic amines) is 1. The molecule has 0 bridgehead atoms. The monoisotopic (exact) mass is 347 g/mol. The SMILES string of the molecule is CCO[C@@H](CC)C(=O)Nc1ccc(NC(=O)N2CCCCCC2)cc1. The van der Waals surface area contributed by atoms with E-state index in [-0.39, 0.29) is 11.9 Å². The fourth-order valence-corrected chi connectivity index (χ4v) is 2.92. The number of benzene rings is 1. The van der Waals surface area contributed by atoms with Gasteiger partial charge in [0.15, 0.2) is 0 Å². The molecule has 0 unspecified atom stereocenters. The van der Waals surface area contributed by atoms with Crippen molar-refractivity contribution in [2.24, 2.45) is 0 Å². The minimum atomic E-state index is -0.438. The lowest BCUT2D eigenvalue weighted by Crippen LogP contribution is -2.35. The number of amides is 3. The smallest absolute Gasteiger partial charge is 0.321 e. The summed E-state index contributed by atoms with van der Waals surface area (Å²) in [7, 11) is 0. The van der Waals surface area contributed by atoms with Gasteiger partial charge in [-0.1, -0.05) is 19.8 Å². The number of hydrogen-bond donors (Lipinski definition) is 2. The second-order valence-electron chi connectivity index (χ2n) is 6.25. The zero-order chi connectivity index (χ0) is 18.1. The molecule has 1 saturated heterocycles. The molecule has 1 aromatic rings. The Bertz CT molecular complexity index is 552. The summed E-state index contributed by atoms with van der Waals surface area (Å²) in [6.07, 6.45) is 4.71. The molecule has 6 heteroatoms. The maximum atomic E-state index is 12.3. The van der Waals surface area contributed by atoms with E-state index in [2.05, 4.69) is 10.6 Å². The Morgan fingerprint density at radius 2 is 1.56 bits per heavy atom. The van der Waals surface area contributed by atoms with Gasteiger partial charge in [-0.3, -0.25) is 4.79 Å². The van der Waals surface area contributed by atoms with E-state index in [0.29, 0.717) is 18.7 Å². The summed E-state index contributed by atoms with van der Waals surface area (Å²) in [5.74, 6) is -0.147. The van der Waals surface area contributed by atoms with Crippen molar-refractivity contribution in [2.75, 3.05) is 30.3 Å². The molecule has 1 heterocycles. The van der Waals surface area contributed by atoms with Crippen LogP contribution in [-0.2, 0) is 9.53 Å². The third kappa shape index (κ3) is 6.05. The minimum Gasteiger partial charge on any atom is -0.369 e. The van der Waals surface area contributed by atoms with Gasteiger partial charge in [-0.25, -0.2) is 4.79 Å². The Morgan fingerprint density at radius 1 is 1.00 bits per heavy atom. The van der Waals surface area contributed by atoms with Gasteiger partial charge in [-0.15, -0.1) is 0 Å². The number of nitrogens with one attached hydrogen (secondary N) is 2. The van der Waals surface area contributed by atoms with Crippen molar-refractivity contribution in [2.45, 2.75) is 52.1 Å². The number of ether oxygens (including phenoxy) is 1. The number of nitrogens with zero attached hydrogens (tertiary/aromatic N) is 1. The zero-order valence-corrected chi connectivity index (χ0v) is 15.2. The molecule has 3 amide bonds. The van der Waals surface area contributed by atoms with E-state index >= 15 is 0 Å². The number of urea groups is 1. The molecule has 2 N–H and O–H groups in total. The van der Waals surface area contributed by atoms with Crippen molar-refractivity contribution in [3.8, 4) is 0 Å². The average molecular weight is 347 g/mol. The summed E-state index contributed by atoms with van der Waals surface area (Å²) >= 11 is 0. The summed E-state index contributed by atoms with van der Waals surface area (Å²) < 4.78 is 5.40. The zero-order valence-electron chi connectivity index (χ0n) is 15.2. The van der Waals surface area contributed by atoms with Gasteiger partial charge in [0, 0.05) is 31.1 Å². The van der Waals surface area contributed by atoms with Crippen LogP contribution in [-0.4, -0.2) is 42.6 Å². The van der Waals surface area contributed by atoms with Crippen LogP contribution in [0.1, 0.15) is 46.0 Å². The van der Waals surface area contributed by atoms with Crippen LogP contribution in [0, 0.1) is 0 Å². The number of carbonyl (C=O) groups excluding carboxylic acids is 2. The predicted octanol–water partition coefficient (Wildman–Crippen LogP) is 3.85. The maximum absolute atomic E-state index is 12.3. The molecule has 0 spiro atoms. The summed E-state index contributed by atoms with van der Waals surface area (Å²) in [6, 6.07) is 7.12. The first-order valence-electron chi connectivity index (χ1n) is 9.22.